The number of nitrogens with one attached hydrogen (secondary N) is 2. The summed E-state index contributed by atoms with van der Waals surface area (Å²) in [5, 5.41) is 12.7. The van der Waals surface area contributed by atoms with Crippen LogP contribution >= 0.6 is 27.3 Å². The first-order valence-electron chi connectivity index (χ1n) is 5.10. The Morgan fingerprint density at radius 3 is 2.75 bits per heavy atom. The van der Waals surface area contributed by atoms with Crippen molar-refractivity contribution in [2.75, 3.05) is 5.32 Å². The highest BCUT2D eigenvalue weighted by Crippen LogP contribution is 2.32. The predicted octanol–water partition coefficient (Wildman–Crippen LogP) is 4.02. The number of rotatable bonds is 3. The van der Waals surface area contributed by atoms with Gasteiger partial charge in [0.1, 0.15) is 0 Å². The molecule has 86 valence electrons. The second-order valence-electron chi connectivity index (χ2n) is 3.81. The summed E-state index contributed by atoms with van der Waals surface area (Å²) in [6.45, 7) is 6.18. The highest BCUT2D eigenvalue weighted by atomic mass is 79.9. The Morgan fingerprint density at radius 1 is 1.50 bits per heavy atom. The van der Waals surface area contributed by atoms with E-state index in [9.17, 15) is 0 Å². The molecule has 1 unspecified atom stereocenters. The van der Waals surface area contributed by atoms with Crippen LogP contribution in [0.15, 0.2) is 15.9 Å². The van der Waals surface area contributed by atoms with E-state index < -0.39 is 0 Å². The molecule has 0 saturated carbocycles. The van der Waals surface area contributed by atoms with Crippen molar-refractivity contribution in [3.05, 3.63) is 32.2 Å². The Balaban J connectivity index is 2.20. The molecule has 2 aromatic heterocycles. The summed E-state index contributed by atoms with van der Waals surface area (Å²) >= 11 is 5.31. The van der Waals surface area contributed by atoms with Crippen molar-refractivity contribution in [1.29, 1.82) is 0 Å². The molecule has 3 nitrogen and oxygen atoms in total. The number of thiophene rings is 1. The molecule has 0 bridgehead atoms. The Hall–Kier alpha value is -0.810. The number of hydrogen-bond donors (Lipinski definition) is 2. The van der Waals surface area contributed by atoms with Crippen LogP contribution in [0.5, 0.6) is 0 Å². The van der Waals surface area contributed by atoms with Gasteiger partial charge < -0.3 is 5.32 Å². The zero-order valence-corrected chi connectivity index (χ0v) is 11.9. The molecule has 1 atom stereocenters. The molecule has 0 radical (unpaired) electrons. The molecule has 0 aliphatic carbocycles. The third-order valence-electron chi connectivity index (χ3n) is 2.53. The minimum Gasteiger partial charge on any atom is -0.375 e. The van der Waals surface area contributed by atoms with Crippen LogP contribution in [0.1, 0.15) is 29.2 Å². The topological polar surface area (TPSA) is 40.7 Å². The average Bonchev–Trinajstić information content (AvgIpc) is 2.79. The molecule has 0 spiro atoms. The van der Waals surface area contributed by atoms with Crippen molar-refractivity contribution in [3.8, 4) is 0 Å². The average molecular weight is 300 g/mol. The number of nitrogens with zero attached hydrogens (tertiary/aromatic N) is 1. The molecule has 2 N–H and O–H groups in total. The summed E-state index contributed by atoms with van der Waals surface area (Å²) in [6.07, 6.45) is 0. The van der Waals surface area contributed by atoms with Gasteiger partial charge in [-0.05, 0) is 48.1 Å². The molecular formula is C11H14BrN3S. The van der Waals surface area contributed by atoms with Gasteiger partial charge in [0.25, 0.3) is 0 Å². The van der Waals surface area contributed by atoms with Crippen LogP contribution in [0.2, 0.25) is 0 Å². The Bertz CT molecular complexity index is 470. The Labute approximate surface area is 107 Å². The lowest BCUT2D eigenvalue weighted by Gasteiger charge is -2.14. The summed E-state index contributed by atoms with van der Waals surface area (Å²) in [5.74, 6) is 0. The lowest BCUT2D eigenvalue weighted by atomic mass is 10.2. The van der Waals surface area contributed by atoms with E-state index >= 15 is 0 Å². The van der Waals surface area contributed by atoms with Gasteiger partial charge in [0.05, 0.1) is 23.1 Å². The van der Waals surface area contributed by atoms with Gasteiger partial charge in [0.15, 0.2) is 0 Å². The van der Waals surface area contributed by atoms with Gasteiger partial charge in [-0.25, -0.2) is 0 Å². The fraction of sp³-hybridized carbons (Fsp3) is 0.364. The fourth-order valence-electron chi connectivity index (χ4n) is 1.66. The minimum atomic E-state index is 0.282. The van der Waals surface area contributed by atoms with E-state index in [4.69, 9.17) is 0 Å². The van der Waals surface area contributed by atoms with E-state index in [1.54, 1.807) is 11.3 Å². The molecule has 0 aliphatic rings. The van der Waals surface area contributed by atoms with E-state index in [1.165, 1.54) is 4.88 Å². The Kier molecular flexibility index (Phi) is 3.35. The minimum absolute atomic E-state index is 0.282. The van der Waals surface area contributed by atoms with Gasteiger partial charge in [-0.3, -0.25) is 5.10 Å². The van der Waals surface area contributed by atoms with Crippen LogP contribution in [0.3, 0.4) is 0 Å². The van der Waals surface area contributed by atoms with Crippen LogP contribution < -0.4 is 5.32 Å². The number of anilines is 1. The highest BCUT2D eigenvalue weighted by Gasteiger charge is 2.14. The van der Waals surface area contributed by atoms with Gasteiger partial charge in [0, 0.05) is 9.35 Å². The van der Waals surface area contributed by atoms with Crippen molar-refractivity contribution < 1.29 is 0 Å². The SMILES string of the molecule is Cc1n[nH]c(C)c1NC(C)c1sccc1Br. The fourth-order valence-corrected chi connectivity index (χ4v) is 3.39. The molecule has 0 amide bonds. The smallest absolute Gasteiger partial charge is 0.0825 e. The van der Waals surface area contributed by atoms with Crippen molar-refractivity contribution in [2.24, 2.45) is 0 Å². The molecule has 2 rings (SSSR count). The number of hydrogen-bond acceptors (Lipinski definition) is 3. The van der Waals surface area contributed by atoms with Gasteiger partial charge in [-0.1, -0.05) is 0 Å². The van der Waals surface area contributed by atoms with Crippen LogP contribution in [-0.2, 0) is 0 Å². The zero-order valence-electron chi connectivity index (χ0n) is 9.47. The van der Waals surface area contributed by atoms with Crippen LogP contribution in [-0.4, -0.2) is 10.2 Å². The zero-order chi connectivity index (χ0) is 11.7. The number of aromatic nitrogens is 2. The predicted molar refractivity (Wildman–Crippen MR) is 72.1 cm³/mol. The lowest BCUT2D eigenvalue weighted by molar-refractivity contribution is 0.898. The van der Waals surface area contributed by atoms with Gasteiger partial charge in [0.2, 0.25) is 0 Å². The van der Waals surface area contributed by atoms with Gasteiger partial charge in [-0.2, -0.15) is 5.10 Å². The maximum atomic E-state index is 4.18. The molecule has 0 saturated heterocycles. The van der Waals surface area contributed by atoms with E-state index in [0.29, 0.717) is 0 Å². The summed E-state index contributed by atoms with van der Waals surface area (Å²) < 4.78 is 1.16. The van der Waals surface area contributed by atoms with Crippen LogP contribution in [0.25, 0.3) is 0 Å². The van der Waals surface area contributed by atoms with Crippen LogP contribution in [0.4, 0.5) is 5.69 Å². The van der Waals surface area contributed by atoms with E-state index in [2.05, 4.69) is 49.8 Å². The number of aromatic amines is 1. The summed E-state index contributed by atoms with van der Waals surface area (Å²) in [6, 6.07) is 2.36. The third kappa shape index (κ3) is 2.15. The quantitative estimate of drug-likeness (QED) is 0.898. The summed E-state index contributed by atoms with van der Waals surface area (Å²) in [5.41, 5.74) is 3.20. The molecule has 0 aliphatic heterocycles. The first kappa shape index (κ1) is 11.7. The van der Waals surface area contributed by atoms with Gasteiger partial charge in [-0.15, -0.1) is 11.3 Å². The van der Waals surface area contributed by atoms with Crippen LogP contribution in [0, 0.1) is 13.8 Å². The van der Waals surface area contributed by atoms with Gasteiger partial charge >= 0.3 is 0 Å². The lowest BCUT2D eigenvalue weighted by Crippen LogP contribution is -2.06. The largest absolute Gasteiger partial charge is 0.375 e. The molecule has 5 heteroatoms. The molecule has 0 fully saturated rings. The van der Waals surface area contributed by atoms with E-state index in [-0.39, 0.29) is 6.04 Å². The second kappa shape index (κ2) is 4.59. The van der Waals surface area contributed by atoms with Crippen molar-refractivity contribution in [1.82, 2.24) is 10.2 Å². The number of aryl methyl sites for hydroxylation is 2. The van der Waals surface area contributed by atoms with E-state index in [1.807, 2.05) is 13.8 Å². The highest BCUT2D eigenvalue weighted by molar-refractivity contribution is 9.10. The summed E-state index contributed by atoms with van der Waals surface area (Å²) in [7, 11) is 0. The van der Waals surface area contributed by atoms with Crippen molar-refractivity contribution in [3.63, 3.8) is 0 Å². The standard InChI is InChI=1S/C11H14BrN3S/c1-6-10(7(2)15-14-6)13-8(3)11-9(12)4-5-16-11/h4-5,8,13H,1-3H3,(H,14,15). The first-order chi connectivity index (χ1) is 7.59. The molecular weight excluding hydrogens is 286 g/mol. The number of H-pyrrole nitrogens is 1. The summed E-state index contributed by atoms with van der Waals surface area (Å²) in [4.78, 5) is 1.31. The van der Waals surface area contributed by atoms with Crippen molar-refractivity contribution in [2.45, 2.75) is 26.8 Å². The third-order valence-corrected chi connectivity index (χ3v) is 4.58. The maximum Gasteiger partial charge on any atom is 0.0825 e. The monoisotopic (exact) mass is 299 g/mol. The first-order valence-corrected chi connectivity index (χ1v) is 6.78. The van der Waals surface area contributed by atoms with E-state index in [0.717, 1.165) is 21.5 Å². The molecule has 2 heterocycles. The molecule has 16 heavy (non-hydrogen) atoms. The normalized spacial score (nSPS) is 12.8. The Morgan fingerprint density at radius 2 is 2.25 bits per heavy atom. The second-order valence-corrected chi connectivity index (χ2v) is 5.61. The maximum absolute atomic E-state index is 4.18. The molecule has 2 aromatic rings. The number of halogens is 1. The molecule has 0 aromatic carbocycles. The van der Waals surface area contributed by atoms with Crippen molar-refractivity contribution >= 4 is 33.0 Å².